The van der Waals surface area contributed by atoms with Gasteiger partial charge >= 0.3 is 6.01 Å². The van der Waals surface area contributed by atoms with Crippen LogP contribution >= 0.6 is 0 Å². The van der Waals surface area contributed by atoms with E-state index in [-0.39, 0.29) is 6.01 Å². The fraction of sp³-hybridized carbons (Fsp3) is 0.364. The Morgan fingerprint density at radius 1 is 1.50 bits per heavy atom. The highest BCUT2D eigenvalue weighted by atomic mass is 16.5. The lowest BCUT2D eigenvalue weighted by Gasteiger charge is -2.02. The first kappa shape index (κ1) is 12.0. The van der Waals surface area contributed by atoms with Gasteiger partial charge in [0.25, 0.3) is 0 Å². The van der Waals surface area contributed by atoms with Crippen molar-refractivity contribution in [1.82, 2.24) is 9.97 Å². The Labute approximate surface area is 94.4 Å². The van der Waals surface area contributed by atoms with E-state index in [0.29, 0.717) is 24.5 Å². The SMILES string of the molecule is CCOC=C(C#N)c1ccnc(OCC)n1. The van der Waals surface area contributed by atoms with Gasteiger partial charge in [0.1, 0.15) is 17.9 Å². The van der Waals surface area contributed by atoms with Gasteiger partial charge < -0.3 is 9.47 Å². The number of allylic oxidation sites excluding steroid dienone is 1. The number of hydrogen-bond acceptors (Lipinski definition) is 5. The van der Waals surface area contributed by atoms with E-state index in [9.17, 15) is 0 Å². The van der Waals surface area contributed by atoms with Gasteiger partial charge in [0.15, 0.2) is 0 Å². The Morgan fingerprint density at radius 3 is 2.94 bits per heavy atom. The van der Waals surface area contributed by atoms with Crippen LogP contribution in [0.2, 0.25) is 0 Å². The van der Waals surface area contributed by atoms with Crippen molar-refractivity contribution < 1.29 is 9.47 Å². The van der Waals surface area contributed by atoms with E-state index in [4.69, 9.17) is 14.7 Å². The molecule has 0 amide bonds. The van der Waals surface area contributed by atoms with Crippen molar-refractivity contribution in [1.29, 1.82) is 5.26 Å². The number of aromatic nitrogens is 2. The molecule has 0 radical (unpaired) electrons. The second-order valence-electron chi connectivity index (χ2n) is 2.76. The van der Waals surface area contributed by atoms with E-state index in [1.54, 1.807) is 12.3 Å². The molecule has 0 aromatic carbocycles. The highest BCUT2D eigenvalue weighted by Crippen LogP contribution is 2.12. The predicted octanol–water partition coefficient (Wildman–Crippen LogP) is 1.78. The standard InChI is InChI=1S/C11H13N3O2/c1-3-15-8-9(7-12)10-5-6-13-11(14-10)16-4-2/h5-6,8H,3-4H2,1-2H3. The third kappa shape index (κ3) is 3.24. The van der Waals surface area contributed by atoms with Gasteiger partial charge in [-0.05, 0) is 19.9 Å². The molecule has 1 aromatic heterocycles. The molecule has 0 saturated carbocycles. The Balaban J connectivity index is 2.93. The van der Waals surface area contributed by atoms with Crippen LogP contribution < -0.4 is 4.74 Å². The first-order chi connectivity index (χ1) is 7.81. The molecule has 0 N–H and O–H groups in total. The normalized spacial score (nSPS) is 10.7. The molecule has 0 aliphatic heterocycles. The summed E-state index contributed by atoms with van der Waals surface area (Å²) in [6.07, 6.45) is 2.93. The molecule has 0 aliphatic carbocycles. The average molecular weight is 219 g/mol. The van der Waals surface area contributed by atoms with Crippen LogP contribution in [0.1, 0.15) is 19.5 Å². The molecular weight excluding hydrogens is 206 g/mol. The van der Waals surface area contributed by atoms with Crippen molar-refractivity contribution in [2.75, 3.05) is 13.2 Å². The van der Waals surface area contributed by atoms with Gasteiger partial charge in [-0.1, -0.05) is 0 Å². The molecule has 1 rings (SSSR count). The highest BCUT2D eigenvalue weighted by Gasteiger charge is 2.05. The zero-order valence-electron chi connectivity index (χ0n) is 9.30. The van der Waals surface area contributed by atoms with Crippen molar-refractivity contribution in [2.45, 2.75) is 13.8 Å². The summed E-state index contributed by atoms with van der Waals surface area (Å²) >= 11 is 0. The smallest absolute Gasteiger partial charge is 0.316 e. The maximum Gasteiger partial charge on any atom is 0.316 e. The second-order valence-corrected chi connectivity index (χ2v) is 2.76. The number of nitrogens with zero attached hydrogens (tertiary/aromatic N) is 3. The van der Waals surface area contributed by atoms with E-state index >= 15 is 0 Å². The van der Waals surface area contributed by atoms with Crippen LogP contribution in [0.5, 0.6) is 6.01 Å². The van der Waals surface area contributed by atoms with Gasteiger partial charge in [0.05, 0.1) is 18.9 Å². The summed E-state index contributed by atoms with van der Waals surface area (Å²) in [6.45, 7) is 4.68. The zero-order valence-corrected chi connectivity index (χ0v) is 9.30. The van der Waals surface area contributed by atoms with Gasteiger partial charge in [-0.3, -0.25) is 0 Å². The van der Waals surface area contributed by atoms with Gasteiger partial charge in [-0.25, -0.2) is 4.98 Å². The molecule has 0 spiro atoms. The molecule has 5 nitrogen and oxygen atoms in total. The minimum absolute atomic E-state index is 0.262. The Kier molecular flexibility index (Phi) is 4.80. The first-order valence-electron chi connectivity index (χ1n) is 4.99. The van der Waals surface area contributed by atoms with Crippen LogP contribution in [-0.4, -0.2) is 23.2 Å². The van der Waals surface area contributed by atoms with E-state index < -0.39 is 0 Å². The average Bonchev–Trinajstić information content (AvgIpc) is 2.31. The van der Waals surface area contributed by atoms with Crippen molar-refractivity contribution in [3.63, 3.8) is 0 Å². The summed E-state index contributed by atoms with van der Waals surface area (Å²) < 4.78 is 10.2. The highest BCUT2D eigenvalue weighted by molar-refractivity contribution is 5.73. The molecule has 0 fully saturated rings. The lowest BCUT2D eigenvalue weighted by Crippen LogP contribution is -1.99. The second kappa shape index (κ2) is 6.40. The molecule has 5 heteroatoms. The molecule has 1 aromatic rings. The van der Waals surface area contributed by atoms with Crippen LogP contribution in [0.4, 0.5) is 0 Å². The summed E-state index contributed by atoms with van der Waals surface area (Å²) in [5.41, 5.74) is 0.847. The molecule has 84 valence electrons. The predicted molar refractivity (Wildman–Crippen MR) is 58.4 cm³/mol. The summed E-state index contributed by atoms with van der Waals surface area (Å²) in [5.74, 6) is 0. The molecule has 16 heavy (non-hydrogen) atoms. The molecule has 0 atom stereocenters. The van der Waals surface area contributed by atoms with E-state index in [1.165, 1.54) is 6.26 Å². The van der Waals surface area contributed by atoms with Crippen LogP contribution in [0.15, 0.2) is 18.5 Å². The van der Waals surface area contributed by atoms with Crippen LogP contribution in [-0.2, 0) is 4.74 Å². The van der Waals surface area contributed by atoms with E-state index in [0.717, 1.165) is 0 Å². The van der Waals surface area contributed by atoms with Crippen molar-refractivity contribution in [3.05, 3.63) is 24.2 Å². The Bertz CT molecular complexity index is 410. The number of hydrogen-bond donors (Lipinski definition) is 0. The maximum absolute atomic E-state index is 8.93. The Morgan fingerprint density at radius 2 is 2.31 bits per heavy atom. The number of rotatable bonds is 5. The van der Waals surface area contributed by atoms with Gasteiger partial charge in [0, 0.05) is 6.20 Å². The third-order valence-electron chi connectivity index (χ3n) is 1.67. The summed E-state index contributed by atoms with van der Waals surface area (Å²) in [5, 5.41) is 8.93. The summed E-state index contributed by atoms with van der Waals surface area (Å²) in [4.78, 5) is 8.00. The lowest BCUT2D eigenvalue weighted by atomic mass is 10.2. The van der Waals surface area contributed by atoms with Gasteiger partial charge in [-0.2, -0.15) is 10.2 Å². The van der Waals surface area contributed by atoms with Crippen LogP contribution in [0, 0.1) is 11.3 Å². The maximum atomic E-state index is 8.93. The fourth-order valence-electron chi connectivity index (χ4n) is 1.00. The van der Waals surface area contributed by atoms with Crippen LogP contribution in [0.3, 0.4) is 0 Å². The zero-order chi connectivity index (χ0) is 11.8. The molecule has 0 bridgehead atoms. The number of ether oxygens (including phenoxy) is 2. The van der Waals surface area contributed by atoms with Crippen molar-refractivity contribution >= 4 is 5.57 Å². The monoisotopic (exact) mass is 219 g/mol. The number of nitriles is 1. The van der Waals surface area contributed by atoms with Crippen LogP contribution in [0.25, 0.3) is 5.57 Å². The molecule has 0 saturated heterocycles. The minimum Gasteiger partial charge on any atom is -0.500 e. The van der Waals surface area contributed by atoms with E-state index in [1.807, 2.05) is 19.9 Å². The van der Waals surface area contributed by atoms with Gasteiger partial charge in [-0.15, -0.1) is 0 Å². The third-order valence-corrected chi connectivity index (χ3v) is 1.67. The van der Waals surface area contributed by atoms with E-state index in [2.05, 4.69) is 9.97 Å². The molecule has 1 heterocycles. The lowest BCUT2D eigenvalue weighted by molar-refractivity contribution is 0.271. The van der Waals surface area contributed by atoms with Crippen molar-refractivity contribution in [3.8, 4) is 12.1 Å². The molecular formula is C11H13N3O2. The summed E-state index contributed by atoms with van der Waals surface area (Å²) in [7, 11) is 0. The quantitative estimate of drug-likeness (QED) is 0.557. The fourth-order valence-corrected chi connectivity index (χ4v) is 1.00. The Hall–Kier alpha value is -2.09. The molecule has 0 unspecified atom stereocenters. The first-order valence-corrected chi connectivity index (χ1v) is 4.99. The van der Waals surface area contributed by atoms with Gasteiger partial charge in [0.2, 0.25) is 0 Å². The molecule has 0 aliphatic rings. The van der Waals surface area contributed by atoms with Crippen molar-refractivity contribution in [2.24, 2.45) is 0 Å². The largest absolute Gasteiger partial charge is 0.500 e. The minimum atomic E-state index is 0.262. The summed E-state index contributed by atoms with van der Waals surface area (Å²) in [6, 6.07) is 3.91. The topological polar surface area (TPSA) is 68.0 Å².